The Hall–Kier alpha value is -1.15. The summed E-state index contributed by atoms with van der Waals surface area (Å²) in [5.74, 6) is 0. The summed E-state index contributed by atoms with van der Waals surface area (Å²) in [5, 5.41) is 4.08. The lowest BCUT2D eigenvalue weighted by molar-refractivity contribution is 1.11. The maximum Gasteiger partial charge on any atom is -0.00934 e. The van der Waals surface area contributed by atoms with Crippen molar-refractivity contribution < 1.29 is 4.70 Å². The number of halogens is 1. The summed E-state index contributed by atoms with van der Waals surface area (Å²) in [6.45, 7) is 0. The molecule has 0 nitrogen and oxygen atoms in total. The first kappa shape index (κ1) is 10.8. The van der Waals surface area contributed by atoms with Crippen LogP contribution in [0.1, 0.15) is 0 Å². The quantitative estimate of drug-likeness (QED) is 0.584. The summed E-state index contributed by atoms with van der Waals surface area (Å²) < 4.78 is 0. The summed E-state index contributed by atoms with van der Waals surface area (Å²) in [5.41, 5.74) is 0. The molecule has 0 atom stereocenters. The zero-order valence-corrected chi connectivity index (χ0v) is 7.41. The van der Waals surface area contributed by atoms with Crippen LogP contribution in [-0.2, 0) is 0 Å². The molecule has 0 aliphatic heterocycles. The van der Waals surface area contributed by atoms with E-state index in [1.165, 1.54) is 0 Å². The molecule has 0 saturated heterocycles. The molecule has 64 valence electrons. The lowest BCUT2D eigenvalue weighted by atomic mass is 10.4. The van der Waals surface area contributed by atoms with E-state index in [1.807, 2.05) is 59.3 Å². The Balaban J connectivity index is 0.000000189. The van der Waals surface area contributed by atoms with Crippen LogP contribution in [0.3, 0.4) is 0 Å². The zero-order chi connectivity index (χ0) is 7.78. The molecule has 1 heterocycles. The van der Waals surface area contributed by atoms with Gasteiger partial charge < -0.3 is 0 Å². The highest BCUT2D eigenvalue weighted by atomic mass is 32.1. The van der Waals surface area contributed by atoms with Crippen molar-refractivity contribution in [1.82, 2.24) is 0 Å². The van der Waals surface area contributed by atoms with Crippen molar-refractivity contribution in [2.75, 3.05) is 0 Å². The maximum atomic E-state index is 2.04. The maximum absolute atomic E-state index is 2.04. The van der Waals surface area contributed by atoms with Gasteiger partial charge in [0.25, 0.3) is 0 Å². The standard InChI is InChI=1S/C6H6.C4H4S.FH/c1-2-4-6-5-3-1;1-2-4-5-3-1;/h1-6H;1-4H;1H. The molecular formula is C10H11FS. The van der Waals surface area contributed by atoms with Crippen LogP contribution >= 0.6 is 11.3 Å². The molecule has 1 aromatic carbocycles. The fourth-order valence-corrected chi connectivity index (χ4v) is 1.07. The highest BCUT2D eigenvalue weighted by Gasteiger charge is 1.58. The second-order valence-corrected chi connectivity index (χ2v) is 2.76. The van der Waals surface area contributed by atoms with Gasteiger partial charge in [0.2, 0.25) is 0 Å². The number of rotatable bonds is 0. The predicted octanol–water partition coefficient (Wildman–Crippen LogP) is 3.59. The van der Waals surface area contributed by atoms with E-state index in [2.05, 4.69) is 0 Å². The minimum absolute atomic E-state index is 0. The molecule has 1 aromatic heterocycles. The van der Waals surface area contributed by atoms with Gasteiger partial charge in [0.1, 0.15) is 0 Å². The molecule has 0 bridgehead atoms. The highest BCUT2D eigenvalue weighted by molar-refractivity contribution is 7.07. The molecular weight excluding hydrogens is 171 g/mol. The van der Waals surface area contributed by atoms with Crippen LogP contribution in [0.5, 0.6) is 0 Å². The van der Waals surface area contributed by atoms with Crippen LogP contribution in [-0.4, -0.2) is 0 Å². The van der Waals surface area contributed by atoms with E-state index >= 15 is 0 Å². The topological polar surface area (TPSA) is 0 Å². The van der Waals surface area contributed by atoms with E-state index in [0.717, 1.165) is 0 Å². The van der Waals surface area contributed by atoms with Crippen LogP contribution in [0.4, 0.5) is 4.70 Å². The van der Waals surface area contributed by atoms with Crippen molar-refractivity contribution in [3.8, 4) is 0 Å². The van der Waals surface area contributed by atoms with Gasteiger partial charge in [-0.05, 0) is 10.8 Å². The van der Waals surface area contributed by atoms with E-state index in [4.69, 9.17) is 0 Å². The minimum atomic E-state index is 0. The molecule has 2 heteroatoms. The molecule has 0 N–H and O–H groups in total. The normalized spacial score (nSPS) is 7.33. The van der Waals surface area contributed by atoms with Crippen LogP contribution < -0.4 is 0 Å². The number of thiophene rings is 1. The Labute approximate surface area is 75.9 Å². The van der Waals surface area contributed by atoms with Gasteiger partial charge in [-0.25, -0.2) is 0 Å². The van der Waals surface area contributed by atoms with Crippen molar-refractivity contribution >= 4 is 11.3 Å². The van der Waals surface area contributed by atoms with Gasteiger partial charge in [0, 0.05) is 0 Å². The fourth-order valence-electron chi connectivity index (χ4n) is 0.612. The SMILES string of the molecule is F.c1ccccc1.c1ccsc1. The Morgan fingerprint density at radius 3 is 1.00 bits per heavy atom. The van der Waals surface area contributed by atoms with Crippen molar-refractivity contribution in [1.29, 1.82) is 0 Å². The monoisotopic (exact) mass is 182 g/mol. The fraction of sp³-hybridized carbons (Fsp3) is 0. The van der Waals surface area contributed by atoms with Gasteiger partial charge in [-0.2, -0.15) is 11.3 Å². The average molecular weight is 182 g/mol. The first-order chi connectivity index (χ1) is 5.50. The van der Waals surface area contributed by atoms with E-state index in [9.17, 15) is 0 Å². The van der Waals surface area contributed by atoms with Crippen LogP contribution in [0, 0.1) is 0 Å². The second kappa shape index (κ2) is 7.95. The van der Waals surface area contributed by atoms with Gasteiger partial charge >= 0.3 is 0 Å². The molecule has 0 fully saturated rings. The molecule has 0 saturated carbocycles. The third-order valence-corrected chi connectivity index (χ3v) is 1.72. The van der Waals surface area contributed by atoms with Crippen molar-refractivity contribution in [3.05, 3.63) is 59.3 Å². The van der Waals surface area contributed by atoms with Gasteiger partial charge in [-0.15, -0.1) is 0 Å². The third-order valence-electron chi connectivity index (χ3n) is 1.09. The van der Waals surface area contributed by atoms with E-state index in [-0.39, 0.29) is 4.70 Å². The van der Waals surface area contributed by atoms with E-state index in [0.29, 0.717) is 0 Å². The average Bonchev–Trinajstić information content (AvgIpc) is 2.64. The molecule has 12 heavy (non-hydrogen) atoms. The lowest BCUT2D eigenvalue weighted by Gasteiger charge is -1.69. The second-order valence-electron chi connectivity index (χ2n) is 1.95. The Morgan fingerprint density at radius 1 is 0.500 bits per heavy atom. The Bertz CT molecular complexity index is 196. The van der Waals surface area contributed by atoms with Crippen molar-refractivity contribution in [2.45, 2.75) is 0 Å². The summed E-state index contributed by atoms with van der Waals surface area (Å²) in [7, 11) is 0. The van der Waals surface area contributed by atoms with Gasteiger partial charge in [0.15, 0.2) is 0 Å². The molecule has 0 aliphatic rings. The Kier molecular flexibility index (Phi) is 7.19. The highest BCUT2D eigenvalue weighted by Crippen LogP contribution is 1.91. The molecule has 0 radical (unpaired) electrons. The third kappa shape index (κ3) is 5.62. The minimum Gasteiger partial charge on any atom is -0.269 e. The molecule has 2 aromatic rings. The zero-order valence-electron chi connectivity index (χ0n) is 6.59. The van der Waals surface area contributed by atoms with Gasteiger partial charge in [0.05, 0.1) is 0 Å². The predicted molar refractivity (Wildman–Crippen MR) is 53.3 cm³/mol. The Morgan fingerprint density at radius 2 is 0.833 bits per heavy atom. The molecule has 0 spiro atoms. The van der Waals surface area contributed by atoms with Gasteiger partial charge in [-0.1, -0.05) is 48.5 Å². The molecule has 0 unspecified atom stereocenters. The molecule has 2 rings (SSSR count). The number of benzene rings is 1. The van der Waals surface area contributed by atoms with Crippen LogP contribution in [0.15, 0.2) is 59.3 Å². The number of hydrogen-bond acceptors (Lipinski definition) is 1. The smallest absolute Gasteiger partial charge is 0.00934 e. The van der Waals surface area contributed by atoms with E-state index < -0.39 is 0 Å². The van der Waals surface area contributed by atoms with Crippen LogP contribution in [0.25, 0.3) is 0 Å². The summed E-state index contributed by atoms with van der Waals surface area (Å²) in [6, 6.07) is 16.0. The molecule has 0 amide bonds. The largest absolute Gasteiger partial charge is 0.269 e. The summed E-state index contributed by atoms with van der Waals surface area (Å²) in [6.07, 6.45) is 0. The van der Waals surface area contributed by atoms with Crippen LogP contribution in [0.2, 0.25) is 0 Å². The van der Waals surface area contributed by atoms with E-state index in [1.54, 1.807) is 11.3 Å². The van der Waals surface area contributed by atoms with Gasteiger partial charge in [-0.3, -0.25) is 4.70 Å². The lowest BCUT2D eigenvalue weighted by Crippen LogP contribution is -1.47. The summed E-state index contributed by atoms with van der Waals surface area (Å²) >= 11 is 1.71. The molecule has 0 aliphatic carbocycles. The summed E-state index contributed by atoms with van der Waals surface area (Å²) in [4.78, 5) is 0. The first-order valence-electron chi connectivity index (χ1n) is 3.47. The first-order valence-corrected chi connectivity index (χ1v) is 4.41. The van der Waals surface area contributed by atoms with Crippen molar-refractivity contribution in [3.63, 3.8) is 0 Å². The van der Waals surface area contributed by atoms with Crippen molar-refractivity contribution in [2.24, 2.45) is 0 Å². The number of hydrogen-bond donors (Lipinski definition) is 0.